The van der Waals surface area contributed by atoms with Gasteiger partial charge in [0, 0.05) is 47.3 Å². The van der Waals surface area contributed by atoms with E-state index in [2.05, 4.69) is 53.4 Å². The molecule has 1 aliphatic heterocycles. The molecule has 0 spiro atoms. The molecule has 7 heteroatoms. The van der Waals surface area contributed by atoms with E-state index in [1.54, 1.807) is 11.3 Å². The van der Waals surface area contributed by atoms with Crippen LogP contribution in [0.2, 0.25) is 0 Å². The standard InChI is InChI=1S/C20H24N4OS2/c1-13-10-18(26-14(13)2)22-20(25)21-11-16-15-6-9-23(3)12-17(15)27-19(16)24-7-4-5-8-24/h4-5,7-8,10H,6,9,11-12H2,1-3H3,(H2,21,22,25). The Morgan fingerprint density at radius 1 is 1.22 bits per heavy atom. The quantitative estimate of drug-likeness (QED) is 0.676. The Labute approximate surface area is 167 Å². The van der Waals surface area contributed by atoms with Crippen LogP contribution in [0, 0.1) is 13.8 Å². The number of fused-ring (bicyclic) bond motifs is 1. The number of nitrogens with one attached hydrogen (secondary N) is 2. The molecule has 4 rings (SSSR count). The summed E-state index contributed by atoms with van der Waals surface area (Å²) in [4.78, 5) is 17.4. The number of carbonyl (C=O) groups excluding carboxylic acids is 1. The predicted octanol–water partition coefficient (Wildman–Crippen LogP) is 4.53. The number of carbonyl (C=O) groups is 1. The number of hydrogen-bond donors (Lipinski definition) is 2. The third kappa shape index (κ3) is 3.81. The average Bonchev–Trinajstić information content (AvgIpc) is 3.32. The summed E-state index contributed by atoms with van der Waals surface area (Å²) in [6.07, 6.45) is 5.18. The second-order valence-electron chi connectivity index (χ2n) is 7.02. The number of likely N-dealkylation sites (N-methyl/N-ethyl adjacent to an activating group) is 1. The van der Waals surface area contributed by atoms with Crippen molar-refractivity contribution in [3.8, 4) is 5.00 Å². The number of anilines is 1. The van der Waals surface area contributed by atoms with Gasteiger partial charge >= 0.3 is 6.03 Å². The summed E-state index contributed by atoms with van der Waals surface area (Å²) in [5.74, 6) is 0. The van der Waals surface area contributed by atoms with Gasteiger partial charge in [0.15, 0.2) is 0 Å². The fourth-order valence-corrected chi connectivity index (χ4v) is 5.74. The Balaban J connectivity index is 1.53. The molecule has 3 aromatic heterocycles. The molecule has 0 aliphatic carbocycles. The van der Waals surface area contributed by atoms with Crippen molar-refractivity contribution in [3.63, 3.8) is 0 Å². The number of rotatable bonds is 4. The zero-order chi connectivity index (χ0) is 19.0. The van der Waals surface area contributed by atoms with Crippen LogP contribution in [0.4, 0.5) is 9.80 Å². The van der Waals surface area contributed by atoms with Crippen molar-refractivity contribution < 1.29 is 4.79 Å². The Hall–Kier alpha value is -2.09. The van der Waals surface area contributed by atoms with Crippen molar-refractivity contribution in [2.45, 2.75) is 33.4 Å². The molecular weight excluding hydrogens is 376 g/mol. The van der Waals surface area contributed by atoms with E-state index in [1.165, 1.54) is 31.4 Å². The molecule has 0 bridgehead atoms. The van der Waals surface area contributed by atoms with E-state index in [0.29, 0.717) is 6.54 Å². The molecule has 2 amide bonds. The first-order valence-electron chi connectivity index (χ1n) is 9.08. The largest absolute Gasteiger partial charge is 0.334 e. The molecule has 0 radical (unpaired) electrons. The number of aryl methyl sites for hydroxylation is 2. The molecule has 5 nitrogen and oxygen atoms in total. The fraction of sp³-hybridized carbons (Fsp3) is 0.350. The van der Waals surface area contributed by atoms with E-state index in [0.717, 1.165) is 24.5 Å². The first-order chi connectivity index (χ1) is 13.0. The highest BCUT2D eigenvalue weighted by atomic mass is 32.1. The normalized spacial score (nSPS) is 14.2. The van der Waals surface area contributed by atoms with Crippen LogP contribution < -0.4 is 10.6 Å². The number of thiophene rings is 2. The zero-order valence-corrected chi connectivity index (χ0v) is 17.5. The fourth-order valence-electron chi connectivity index (χ4n) is 3.40. The molecule has 3 aromatic rings. The van der Waals surface area contributed by atoms with Gasteiger partial charge in [-0.1, -0.05) is 0 Å². The van der Waals surface area contributed by atoms with Gasteiger partial charge in [0.2, 0.25) is 0 Å². The van der Waals surface area contributed by atoms with Crippen LogP contribution >= 0.6 is 22.7 Å². The van der Waals surface area contributed by atoms with E-state index in [1.807, 2.05) is 29.5 Å². The van der Waals surface area contributed by atoms with Crippen LogP contribution in [-0.4, -0.2) is 29.1 Å². The van der Waals surface area contributed by atoms with Crippen LogP contribution in [0.3, 0.4) is 0 Å². The number of urea groups is 1. The van der Waals surface area contributed by atoms with Crippen LogP contribution in [0.25, 0.3) is 5.00 Å². The Kier molecular flexibility index (Phi) is 5.08. The molecule has 0 saturated carbocycles. The number of hydrogen-bond acceptors (Lipinski definition) is 4. The lowest BCUT2D eigenvalue weighted by Crippen LogP contribution is -2.30. The summed E-state index contributed by atoms with van der Waals surface area (Å²) >= 11 is 3.45. The third-order valence-corrected chi connectivity index (χ3v) is 7.34. The summed E-state index contributed by atoms with van der Waals surface area (Å²) in [5, 5.41) is 8.13. The lowest BCUT2D eigenvalue weighted by molar-refractivity contribution is 0.251. The highest BCUT2D eigenvalue weighted by Gasteiger charge is 2.23. The van der Waals surface area contributed by atoms with Gasteiger partial charge in [0.05, 0.1) is 5.00 Å². The van der Waals surface area contributed by atoms with Gasteiger partial charge in [0.25, 0.3) is 0 Å². The van der Waals surface area contributed by atoms with Crippen molar-refractivity contribution >= 4 is 33.7 Å². The second-order valence-corrected chi connectivity index (χ2v) is 9.36. The Morgan fingerprint density at radius 2 is 2.00 bits per heavy atom. The maximum Gasteiger partial charge on any atom is 0.320 e. The van der Waals surface area contributed by atoms with E-state index >= 15 is 0 Å². The van der Waals surface area contributed by atoms with Crippen molar-refractivity contribution in [2.75, 3.05) is 18.9 Å². The Morgan fingerprint density at radius 3 is 2.70 bits per heavy atom. The minimum Gasteiger partial charge on any atom is -0.334 e. The molecule has 1 aliphatic rings. The van der Waals surface area contributed by atoms with Gasteiger partial charge in [-0.15, -0.1) is 22.7 Å². The van der Waals surface area contributed by atoms with Crippen LogP contribution in [-0.2, 0) is 19.5 Å². The van der Waals surface area contributed by atoms with Crippen molar-refractivity contribution in [1.82, 2.24) is 14.8 Å². The maximum atomic E-state index is 12.4. The van der Waals surface area contributed by atoms with Crippen molar-refractivity contribution in [2.24, 2.45) is 0 Å². The van der Waals surface area contributed by atoms with E-state index < -0.39 is 0 Å². The second kappa shape index (κ2) is 7.50. The highest BCUT2D eigenvalue weighted by Crippen LogP contribution is 2.35. The number of amides is 2. The Bertz CT molecular complexity index is 936. The lowest BCUT2D eigenvalue weighted by Gasteiger charge is -2.22. The van der Waals surface area contributed by atoms with Gasteiger partial charge in [-0.3, -0.25) is 5.32 Å². The van der Waals surface area contributed by atoms with Crippen molar-refractivity contribution in [1.29, 1.82) is 0 Å². The smallest absolute Gasteiger partial charge is 0.320 e. The van der Waals surface area contributed by atoms with Crippen LogP contribution in [0.1, 0.15) is 26.4 Å². The first kappa shape index (κ1) is 18.3. The third-order valence-electron chi connectivity index (χ3n) is 5.00. The molecule has 0 fully saturated rings. The average molecular weight is 401 g/mol. The van der Waals surface area contributed by atoms with E-state index in [4.69, 9.17) is 0 Å². The molecule has 0 unspecified atom stereocenters. The monoisotopic (exact) mass is 400 g/mol. The van der Waals surface area contributed by atoms with Crippen LogP contribution in [0.15, 0.2) is 30.6 Å². The van der Waals surface area contributed by atoms with Crippen LogP contribution in [0.5, 0.6) is 0 Å². The topological polar surface area (TPSA) is 49.3 Å². The SMILES string of the molecule is Cc1cc(NC(=O)NCc2c(-n3cccc3)sc3c2CCN(C)C3)sc1C. The molecule has 142 valence electrons. The summed E-state index contributed by atoms with van der Waals surface area (Å²) < 4.78 is 2.16. The van der Waals surface area contributed by atoms with E-state index in [-0.39, 0.29) is 6.03 Å². The van der Waals surface area contributed by atoms with Gasteiger partial charge in [-0.25, -0.2) is 4.79 Å². The summed E-state index contributed by atoms with van der Waals surface area (Å²) in [7, 11) is 2.16. The minimum atomic E-state index is -0.150. The molecule has 0 aromatic carbocycles. The summed E-state index contributed by atoms with van der Waals surface area (Å²) in [6, 6.07) is 5.95. The van der Waals surface area contributed by atoms with Gasteiger partial charge in [-0.2, -0.15) is 0 Å². The molecule has 0 atom stereocenters. The first-order valence-corrected chi connectivity index (χ1v) is 10.7. The maximum absolute atomic E-state index is 12.4. The number of aromatic nitrogens is 1. The molecule has 4 heterocycles. The molecular formula is C20H24N4OS2. The molecule has 27 heavy (non-hydrogen) atoms. The van der Waals surface area contributed by atoms with Crippen molar-refractivity contribution in [3.05, 3.63) is 57.0 Å². The summed E-state index contributed by atoms with van der Waals surface area (Å²) in [5.41, 5.74) is 3.86. The minimum absolute atomic E-state index is 0.150. The molecule has 2 N–H and O–H groups in total. The van der Waals surface area contributed by atoms with Gasteiger partial charge < -0.3 is 14.8 Å². The van der Waals surface area contributed by atoms with E-state index in [9.17, 15) is 4.79 Å². The zero-order valence-electron chi connectivity index (χ0n) is 15.8. The predicted molar refractivity (Wildman–Crippen MR) is 113 cm³/mol. The summed E-state index contributed by atoms with van der Waals surface area (Å²) in [6.45, 7) is 6.71. The molecule has 0 saturated heterocycles. The number of nitrogens with zero attached hydrogens (tertiary/aromatic N) is 2. The lowest BCUT2D eigenvalue weighted by atomic mass is 10.0. The highest BCUT2D eigenvalue weighted by molar-refractivity contribution is 7.16. The van der Waals surface area contributed by atoms with Gasteiger partial charge in [0.1, 0.15) is 5.00 Å². The van der Waals surface area contributed by atoms with Gasteiger partial charge in [-0.05, 0) is 56.6 Å².